The van der Waals surface area contributed by atoms with Gasteiger partial charge in [0.05, 0.1) is 4.92 Å². The van der Waals surface area contributed by atoms with Gasteiger partial charge in [0.2, 0.25) is 0 Å². The third-order valence-electron chi connectivity index (χ3n) is 3.14. The predicted octanol–water partition coefficient (Wildman–Crippen LogP) is 2.95. The molecule has 2 N–H and O–H groups in total. The summed E-state index contributed by atoms with van der Waals surface area (Å²) in [5, 5.41) is 16.9. The van der Waals surface area contributed by atoms with Gasteiger partial charge < -0.3 is 10.6 Å². The number of nitrogens with one attached hydrogen (secondary N) is 2. The topological polar surface area (TPSA) is 84.3 Å². The zero-order valence-corrected chi connectivity index (χ0v) is 12.1. The number of nitro groups is 1. The summed E-state index contributed by atoms with van der Waals surface area (Å²) in [6.45, 7) is 6.55. The molecular formula is C14H21N3O3. The van der Waals surface area contributed by atoms with Crippen LogP contribution >= 0.6 is 0 Å². The van der Waals surface area contributed by atoms with E-state index in [0.717, 1.165) is 12.8 Å². The van der Waals surface area contributed by atoms with E-state index < -0.39 is 10.8 Å². The normalized spacial score (nSPS) is 10.4. The summed E-state index contributed by atoms with van der Waals surface area (Å²) in [6.07, 6.45) is 1.59. The average molecular weight is 279 g/mol. The third kappa shape index (κ3) is 3.94. The maximum Gasteiger partial charge on any atom is 0.282 e. The molecule has 0 spiro atoms. The molecule has 0 aromatic heterocycles. The van der Waals surface area contributed by atoms with Crippen LogP contribution in [0.4, 0.5) is 11.4 Å². The highest BCUT2D eigenvalue weighted by Crippen LogP contribution is 2.23. The highest BCUT2D eigenvalue weighted by Gasteiger charge is 2.22. The fraction of sp³-hybridized carbons (Fsp3) is 0.500. The van der Waals surface area contributed by atoms with Gasteiger partial charge in [-0.25, -0.2) is 0 Å². The summed E-state index contributed by atoms with van der Waals surface area (Å²) in [6, 6.07) is 4.53. The van der Waals surface area contributed by atoms with Crippen molar-refractivity contribution >= 4 is 17.3 Å². The second kappa shape index (κ2) is 7.47. The van der Waals surface area contributed by atoms with Crippen LogP contribution < -0.4 is 10.6 Å². The lowest BCUT2D eigenvalue weighted by atomic mass is 10.1. The number of hydrogen-bond acceptors (Lipinski definition) is 4. The molecule has 0 saturated carbocycles. The number of hydrogen-bond donors (Lipinski definition) is 2. The zero-order chi connectivity index (χ0) is 15.1. The molecule has 0 aliphatic heterocycles. The van der Waals surface area contributed by atoms with Crippen LogP contribution in [0, 0.1) is 10.1 Å². The second-order valence-electron chi connectivity index (χ2n) is 4.51. The molecule has 0 fully saturated rings. The summed E-state index contributed by atoms with van der Waals surface area (Å²) in [7, 11) is 0. The zero-order valence-electron chi connectivity index (χ0n) is 12.1. The SMILES string of the molecule is CCNc1ccc([N+](=O)[O-])c(C(=O)NC(CC)CC)c1. The Morgan fingerprint density at radius 3 is 2.45 bits per heavy atom. The predicted molar refractivity (Wildman–Crippen MR) is 79.1 cm³/mol. The standard InChI is InChI=1S/C14H21N3O3/c1-4-10(5-2)16-14(18)12-9-11(15-6-3)7-8-13(12)17(19)20/h7-10,15H,4-6H2,1-3H3,(H,16,18). The molecule has 110 valence electrons. The Bertz CT molecular complexity index is 485. The Labute approximate surface area is 118 Å². The largest absolute Gasteiger partial charge is 0.385 e. The second-order valence-corrected chi connectivity index (χ2v) is 4.51. The van der Waals surface area contributed by atoms with E-state index in [-0.39, 0.29) is 17.3 Å². The lowest BCUT2D eigenvalue weighted by Crippen LogP contribution is -2.34. The number of carbonyl (C=O) groups is 1. The van der Waals surface area contributed by atoms with Gasteiger partial charge in [-0.1, -0.05) is 13.8 Å². The van der Waals surface area contributed by atoms with Gasteiger partial charge in [-0.15, -0.1) is 0 Å². The molecule has 1 aromatic rings. The van der Waals surface area contributed by atoms with E-state index >= 15 is 0 Å². The van der Waals surface area contributed by atoms with Crippen LogP contribution in [0.25, 0.3) is 0 Å². The maximum atomic E-state index is 12.2. The molecule has 0 atom stereocenters. The molecule has 20 heavy (non-hydrogen) atoms. The van der Waals surface area contributed by atoms with Gasteiger partial charge in [-0.05, 0) is 31.9 Å². The minimum Gasteiger partial charge on any atom is -0.385 e. The first-order valence-electron chi connectivity index (χ1n) is 6.86. The van der Waals surface area contributed by atoms with E-state index in [1.54, 1.807) is 6.07 Å². The Hall–Kier alpha value is -2.11. The summed E-state index contributed by atoms with van der Waals surface area (Å²) < 4.78 is 0. The van der Waals surface area contributed by atoms with Crippen LogP contribution in [-0.2, 0) is 0 Å². The molecule has 0 aliphatic carbocycles. The molecule has 0 saturated heterocycles. The van der Waals surface area contributed by atoms with Crippen molar-refractivity contribution < 1.29 is 9.72 Å². The average Bonchev–Trinajstić information content (AvgIpc) is 2.44. The minimum absolute atomic E-state index is 0.0323. The molecule has 0 heterocycles. The highest BCUT2D eigenvalue weighted by molar-refractivity contribution is 5.99. The Morgan fingerprint density at radius 2 is 1.95 bits per heavy atom. The first-order chi connectivity index (χ1) is 9.53. The third-order valence-corrected chi connectivity index (χ3v) is 3.14. The van der Waals surface area contributed by atoms with Crippen molar-refractivity contribution in [2.24, 2.45) is 0 Å². The molecule has 6 heteroatoms. The number of nitro benzene ring substituents is 1. The van der Waals surface area contributed by atoms with Crippen molar-refractivity contribution in [2.75, 3.05) is 11.9 Å². The number of amides is 1. The van der Waals surface area contributed by atoms with E-state index in [1.807, 2.05) is 20.8 Å². The number of nitrogens with zero attached hydrogens (tertiary/aromatic N) is 1. The summed E-state index contributed by atoms with van der Waals surface area (Å²) in [4.78, 5) is 22.7. The fourth-order valence-electron chi connectivity index (χ4n) is 1.95. The molecule has 0 radical (unpaired) electrons. The molecule has 0 aliphatic rings. The lowest BCUT2D eigenvalue weighted by molar-refractivity contribution is -0.385. The maximum absolute atomic E-state index is 12.2. The van der Waals surface area contributed by atoms with Gasteiger partial charge in [0, 0.05) is 24.3 Å². The van der Waals surface area contributed by atoms with E-state index in [0.29, 0.717) is 12.2 Å². The van der Waals surface area contributed by atoms with Crippen molar-refractivity contribution in [1.29, 1.82) is 0 Å². The van der Waals surface area contributed by atoms with Crippen LogP contribution in [0.2, 0.25) is 0 Å². The summed E-state index contributed by atoms with van der Waals surface area (Å²) in [5.41, 5.74) is 0.628. The first-order valence-corrected chi connectivity index (χ1v) is 6.86. The smallest absolute Gasteiger partial charge is 0.282 e. The molecule has 0 unspecified atom stereocenters. The van der Waals surface area contributed by atoms with Crippen molar-refractivity contribution in [3.8, 4) is 0 Å². The van der Waals surface area contributed by atoms with Gasteiger partial charge in [0.15, 0.2) is 0 Å². The van der Waals surface area contributed by atoms with Gasteiger partial charge in [0.1, 0.15) is 5.56 Å². The van der Waals surface area contributed by atoms with Crippen molar-refractivity contribution in [1.82, 2.24) is 5.32 Å². The summed E-state index contributed by atoms with van der Waals surface area (Å²) >= 11 is 0. The van der Waals surface area contributed by atoms with Crippen molar-refractivity contribution in [3.05, 3.63) is 33.9 Å². The molecule has 1 aromatic carbocycles. The molecule has 0 bridgehead atoms. The number of carbonyl (C=O) groups excluding carboxylic acids is 1. The first kappa shape index (κ1) is 15.9. The monoisotopic (exact) mass is 279 g/mol. The van der Waals surface area contributed by atoms with Gasteiger partial charge in [-0.2, -0.15) is 0 Å². The van der Waals surface area contributed by atoms with Crippen molar-refractivity contribution in [2.45, 2.75) is 39.7 Å². The van der Waals surface area contributed by atoms with Crippen LogP contribution in [0.3, 0.4) is 0 Å². The molecular weight excluding hydrogens is 258 g/mol. The Balaban J connectivity index is 3.08. The Kier molecular flexibility index (Phi) is 5.96. The number of anilines is 1. The van der Waals surface area contributed by atoms with E-state index in [1.165, 1.54) is 12.1 Å². The van der Waals surface area contributed by atoms with Crippen LogP contribution in [0.15, 0.2) is 18.2 Å². The number of benzene rings is 1. The number of rotatable bonds is 7. The quantitative estimate of drug-likeness (QED) is 0.593. The van der Waals surface area contributed by atoms with E-state index in [9.17, 15) is 14.9 Å². The van der Waals surface area contributed by atoms with E-state index in [4.69, 9.17) is 0 Å². The van der Waals surface area contributed by atoms with Gasteiger partial charge in [-0.3, -0.25) is 14.9 Å². The molecule has 1 rings (SSSR count). The molecule has 6 nitrogen and oxygen atoms in total. The Morgan fingerprint density at radius 1 is 1.30 bits per heavy atom. The highest BCUT2D eigenvalue weighted by atomic mass is 16.6. The minimum atomic E-state index is -0.530. The fourth-order valence-corrected chi connectivity index (χ4v) is 1.95. The van der Waals surface area contributed by atoms with Crippen molar-refractivity contribution in [3.63, 3.8) is 0 Å². The summed E-state index contributed by atoms with van der Waals surface area (Å²) in [5.74, 6) is -0.398. The van der Waals surface area contributed by atoms with E-state index in [2.05, 4.69) is 10.6 Å². The molecule has 1 amide bonds. The van der Waals surface area contributed by atoms with Crippen LogP contribution in [0.5, 0.6) is 0 Å². The van der Waals surface area contributed by atoms with Gasteiger partial charge >= 0.3 is 0 Å². The lowest BCUT2D eigenvalue weighted by Gasteiger charge is -2.15. The van der Waals surface area contributed by atoms with Crippen LogP contribution in [0.1, 0.15) is 44.0 Å². The van der Waals surface area contributed by atoms with Crippen LogP contribution in [-0.4, -0.2) is 23.4 Å². The van der Waals surface area contributed by atoms with Gasteiger partial charge in [0.25, 0.3) is 11.6 Å².